The van der Waals surface area contributed by atoms with Crippen LogP contribution in [0.3, 0.4) is 0 Å². The number of hydrogen-bond donors (Lipinski definition) is 1. The third-order valence-electron chi connectivity index (χ3n) is 2.86. The zero-order valence-corrected chi connectivity index (χ0v) is 12.4. The molecule has 0 amide bonds. The lowest BCUT2D eigenvalue weighted by molar-refractivity contribution is 0.580. The van der Waals surface area contributed by atoms with Crippen LogP contribution in [-0.2, 0) is 23.0 Å². The SMILES string of the molecule is CCc1ccccc1CNS(=O)(=O)c1cnc(Cl)nc1. The van der Waals surface area contributed by atoms with Crippen molar-refractivity contribution in [2.45, 2.75) is 24.8 Å². The fraction of sp³-hybridized carbons (Fsp3) is 0.231. The predicted octanol–water partition coefficient (Wildman–Crippen LogP) is 2.17. The first-order chi connectivity index (χ1) is 9.53. The van der Waals surface area contributed by atoms with Gasteiger partial charge >= 0.3 is 0 Å². The largest absolute Gasteiger partial charge is 0.243 e. The Balaban J connectivity index is 2.15. The molecule has 0 aliphatic rings. The van der Waals surface area contributed by atoms with Gasteiger partial charge < -0.3 is 0 Å². The maximum Gasteiger partial charge on any atom is 0.243 e. The molecular formula is C13H14ClN3O2S. The normalized spacial score (nSPS) is 11.5. The van der Waals surface area contributed by atoms with Crippen molar-refractivity contribution in [2.75, 3.05) is 0 Å². The lowest BCUT2D eigenvalue weighted by Gasteiger charge is -2.09. The molecule has 2 rings (SSSR count). The van der Waals surface area contributed by atoms with Crippen molar-refractivity contribution in [3.05, 3.63) is 53.1 Å². The van der Waals surface area contributed by atoms with Gasteiger partial charge in [-0.1, -0.05) is 31.2 Å². The van der Waals surface area contributed by atoms with Crippen LogP contribution < -0.4 is 4.72 Å². The Morgan fingerprint density at radius 3 is 2.35 bits per heavy atom. The van der Waals surface area contributed by atoms with E-state index in [9.17, 15) is 8.42 Å². The van der Waals surface area contributed by atoms with Gasteiger partial charge in [-0.05, 0) is 29.1 Å². The highest BCUT2D eigenvalue weighted by Gasteiger charge is 2.15. The fourth-order valence-electron chi connectivity index (χ4n) is 1.77. The summed E-state index contributed by atoms with van der Waals surface area (Å²) in [5.41, 5.74) is 2.07. The van der Waals surface area contributed by atoms with Crippen LogP contribution in [0.25, 0.3) is 0 Å². The molecule has 7 heteroatoms. The molecule has 0 fully saturated rings. The molecule has 0 unspecified atom stereocenters. The third-order valence-corrected chi connectivity index (χ3v) is 4.41. The Hall–Kier alpha value is -1.50. The topological polar surface area (TPSA) is 72.0 Å². The van der Waals surface area contributed by atoms with Crippen molar-refractivity contribution in [3.8, 4) is 0 Å². The molecular weight excluding hydrogens is 298 g/mol. The minimum absolute atomic E-state index is 0.00382. The maximum atomic E-state index is 12.1. The lowest BCUT2D eigenvalue weighted by Crippen LogP contribution is -2.24. The number of nitrogens with zero attached hydrogens (tertiary/aromatic N) is 2. The molecule has 1 heterocycles. The zero-order chi connectivity index (χ0) is 14.6. The van der Waals surface area contributed by atoms with Gasteiger partial charge in [0.2, 0.25) is 15.3 Å². The van der Waals surface area contributed by atoms with Gasteiger partial charge in [0.05, 0.1) is 12.4 Å². The van der Waals surface area contributed by atoms with Crippen LogP contribution in [0.4, 0.5) is 0 Å². The fourth-order valence-corrected chi connectivity index (χ4v) is 2.76. The highest BCUT2D eigenvalue weighted by molar-refractivity contribution is 7.89. The minimum Gasteiger partial charge on any atom is -0.225 e. The first-order valence-electron chi connectivity index (χ1n) is 6.07. The summed E-state index contributed by atoms with van der Waals surface area (Å²) in [6.07, 6.45) is 3.22. The Labute approximate surface area is 123 Å². The Bertz CT molecular complexity index is 687. The monoisotopic (exact) mass is 311 g/mol. The number of hydrogen-bond acceptors (Lipinski definition) is 4. The van der Waals surface area contributed by atoms with Gasteiger partial charge in [0.1, 0.15) is 4.90 Å². The smallest absolute Gasteiger partial charge is 0.225 e. The van der Waals surface area contributed by atoms with E-state index in [2.05, 4.69) is 14.7 Å². The second kappa shape index (κ2) is 6.30. The molecule has 2 aromatic rings. The number of aromatic nitrogens is 2. The highest BCUT2D eigenvalue weighted by atomic mass is 35.5. The number of aryl methyl sites for hydroxylation is 1. The predicted molar refractivity (Wildman–Crippen MR) is 76.9 cm³/mol. The van der Waals surface area contributed by atoms with Gasteiger partial charge in [-0.15, -0.1) is 0 Å². The van der Waals surface area contributed by atoms with Gasteiger partial charge in [0.15, 0.2) is 0 Å². The van der Waals surface area contributed by atoms with E-state index < -0.39 is 10.0 Å². The van der Waals surface area contributed by atoms with Crippen LogP contribution in [0.2, 0.25) is 5.28 Å². The summed E-state index contributed by atoms with van der Waals surface area (Å²) in [6.45, 7) is 2.26. The average Bonchev–Trinajstić information content (AvgIpc) is 2.46. The summed E-state index contributed by atoms with van der Waals surface area (Å²) < 4.78 is 26.7. The first kappa shape index (κ1) is 14.9. The van der Waals surface area contributed by atoms with Crippen molar-refractivity contribution in [1.29, 1.82) is 0 Å². The van der Waals surface area contributed by atoms with Crippen molar-refractivity contribution in [1.82, 2.24) is 14.7 Å². The number of rotatable bonds is 5. The van der Waals surface area contributed by atoms with Crippen molar-refractivity contribution < 1.29 is 8.42 Å². The second-order valence-corrected chi connectivity index (χ2v) is 6.24. The van der Waals surface area contributed by atoms with Crippen molar-refractivity contribution >= 4 is 21.6 Å². The molecule has 0 atom stereocenters. The van der Waals surface area contributed by atoms with Gasteiger partial charge in [0.25, 0.3) is 0 Å². The van der Waals surface area contributed by atoms with Gasteiger partial charge in [-0.3, -0.25) is 0 Å². The van der Waals surface area contributed by atoms with Gasteiger partial charge in [-0.2, -0.15) is 0 Å². The van der Waals surface area contributed by atoms with E-state index in [1.807, 2.05) is 31.2 Å². The molecule has 0 saturated heterocycles. The Morgan fingerprint density at radius 2 is 1.75 bits per heavy atom. The van der Waals surface area contributed by atoms with Crippen LogP contribution in [0.15, 0.2) is 41.6 Å². The molecule has 0 saturated carbocycles. The summed E-state index contributed by atoms with van der Waals surface area (Å²) in [5, 5.41) is 0.0141. The molecule has 5 nitrogen and oxygen atoms in total. The molecule has 0 radical (unpaired) electrons. The zero-order valence-electron chi connectivity index (χ0n) is 10.9. The first-order valence-corrected chi connectivity index (χ1v) is 7.93. The summed E-state index contributed by atoms with van der Waals surface area (Å²) in [5.74, 6) is 0. The van der Waals surface area contributed by atoms with Crippen molar-refractivity contribution in [3.63, 3.8) is 0 Å². The number of benzene rings is 1. The van der Waals surface area contributed by atoms with E-state index in [0.29, 0.717) is 0 Å². The van der Waals surface area contributed by atoms with E-state index in [0.717, 1.165) is 17.5 Å². The maximum absolute atomic E-state index is 12.1. The molecule has 20 heavy (non-hydrogen) atoms. The van der Waals surface area contributed by atoms with Crippen LogP contribution in [-0.4, -0.2) is 18.4 Å². The van der Waals surface area contributed by atoms with Crippen LogP contribution >= 0.6 is 11.6 Å². The molecule has 0 bridgehead atoms. The molecule has 0 aliphatic heterocycles. The van der Waals surface area contributed by atoms with E-state index >= 15 is 0 Å². The number of nitrogens with one attached hydrogen (secondary N) is 1. The minimum atomic E-state index is -3.63. The Morgan fingerprint density at radius 1 is 1.15 bits per heavy atom. The second-order valence-electron chi connectivity index (χ2n) is 4.13. The molecule has 0 aliphatic carbocycles. The lowest BCUT2D eigenvalue weighted by atomic mass is 10.1. The van der Waals surface area contributed by atoms with E-state index in [1.165, 1.54) is 12.4 Å². The summed E-state index contributed by atoms with van der Waals surface area (Å²) in [4.78, 5) is 7.33. The molecule has 1 aromatic carbocycles. The summed E-state index contributed by atoms with van der Waals surface area (Å²) in [6, 6.07) is 7.70. The number of halogens is 1. The summed E-state index contributed by atoms with van der Waals surface area (Å²) in [7, 11) is -3.63. The third kappa shape index (κ3) is 3.53. The highest BCUT2D eigenvalue weighted by Crippen LogP contribution is 2.12. The van der Waals surface area contributed by atoms with Gasteiger partial charge in [-0.25, -0.2) is 23.1 Å². The quantitative estimate of drug-likeness (QED) is 0.859. The van der Waals surface area contributed by atoms with E-state index in [-0.39, 0.29) is 16.7 Å². The summed E-state index contributed by atoms with van der Waals surface area (Å²) >= 11 is 5.54. The van der Waals surface area contributed by atoms with Crippen LogP contribution in [0.1, 0.15) is 18.1 Å². The average molecular weight is 312 g/mol. The standard InChI is InChI=1S/C13H14ClN3O2S/c1-2-10-5-3-4-6-11(10)7-17-20(18,19)12-8-15-13(14)16-9-12/h3-6,8-9,17H,2,7H2,1H3. The van der Waals surface area contributed by atoms with Gasteiger partial charge in [0, 0.05) is 6.54 Å². The van der Waals surface area contributed by atoms with Crippen LogP contribution in [0.5, 0.6) is 0 Å². The van der Waals surface area contributed by atoms with E-state index in [4.69, 9.17) is 11.6 Å². The Kier molecular flexibility index (Phi) is 4.69. The van der Waals surface area contributed by atoms with Crippen molar-refractivity contribution in [2.24, 2.45) is 0 Å². The molecule has 106 valence electrons. The van der Waals surface area contributed by atoms with E-state index in [1.54, 1.807) is 0 Å². The molecule has 0 spiro atoms. The molecule has 1 aromatic heterocycles. The molecule has 1 N–H and O–H groups in total. The number of sulfonamides is 1. The van der Waals surface area contributed by atoms with Crippen LogP contribution in [0, 0.1) is 0 Å².